The molecule has 0 aliphatic heterocycles. The van der Waals surface area contributed by atoms with E-state index in [9.17, 15) is 9.18 Å². The van der Waals surface area contributed by atoms with Gasteiger partial charge in [0.2, 0.25) is 0 Å². The summed E-state index contributed by atoms with van der Waals surface area (Å²) in [4.78, 5) is 22.1. The number of amides is 1. The van der Waals surface area contributed by atoms with Crippen LogP contribution in [0.2, 0.25) is 10.0 Å². The van der Waals surface area contributed by atoms with Gasteiger partial charge in [-0.3, -0.25) is 9.48 Å². The molecule has 1 N–H and O–H groups in total. The summed E-state index contributed by atoms with van der Waals surface area (Å²) in [6, 6.07) is 12.7. The van der Waals surface area contributed by atoms with Crippen molar-refractivity contribution in [1.29, 1.82) is 0 Å². The molecule has 0 saturated carbocycles. The van der Waals surface area contributed by atoms with Gasteiger partial charge in [0, 0.05) is 23.8 Å². The number of halogens is 3. The number of aryl methyl sites for hydroxylation is 1. The zero-order valence-electron chi connectivity index (χ0n) is 17.2. The van der Waals surface area contributed by atoms with Gasteiger partial charge >= 0.3 is 0 Å². The van der Waals surface area contributed by atoms with Gasteiger partial charge in [-0.15, -0.1) is 0 Å². The molecule has 0 bridgehead atoms. The number of hydrogen-bond acceptors (Lipinski definition) is 4. The Bertz CT molecular complexity index is 1290. The molecule has 4 aromatic rings. The average Bonchev–Trinajstić information content (AvgIpc) is 3.22. The Balaban J connectivity index is 1.69. The first-order valence-corrected chi connectivity index (χ1v) is 10.5. The summed E-state index contributed by atoms with van der Waals surface area (Å²) >= 11 is 11.9. The molecule has 0 unspecified atom stereocenters. The highest BCUT2D eigenvalue weighted by atomic mass is 35.5. The zero-order chi connectivity index (χ0) is 22.8. The lowest BCUT2D eigenvalue weighted by Gasteiger charge is -2.15. The summed E-state index contributed by atoms with van der Waals surface area (Å²) in [7, 11) is 1.79. The van der Waals surface area contributed by atoms with Crippen LogP contribution in [0.5, 0.6) is 0 Å². The highest BCUT2D eigenvalue weighted by molar-refractivity contribution is 6.31. The monoisotopic (exact) mass is 469 g/mol. The summed E-state index contributed by atoms with van der Waals surface area (Å²) < 4.78 is 15.1. The van der Waals surface area contributed by atoms with Gasteiger partial charge in [-0.1, -0.05) is 41.4 Å². The van der Waals surface area contributed by atoms with Crippen LogP contribution < -0.4 is 5.32 Å². The van der Waals surface area contributed by atoms with E-state index in [1.54, 1.807) is 55.3 Å². The molecule has 162 valence electrons. The van der Waals surface area contributed by atoms with Crippen molar-refractivity contribution >= 4 is 29.1 Å². The van der Waals surface area contributed by atoms with Crippen molar-refractivity contribution in [3.8, 4) is 22.6 Å². The van der Waals surface area contributed by atoms with Crippen LogP contribution >= 0.6 is 23.2 Å². The molecule has 0 aliphatic carbocycles. The summed E-state index contributed by atoms with van der Waals surface area (Å²) in [6.45, 7) is 1.78. The normalized spacial score (nSPS) is 11.9. The Hall–Kier alpha value is -3.29. The van der Waals surface area contributed by atoms with Crippen molar-refractivity contribution in [2.24, 2.45) is 7.05 Å². The molecular formula is C23H18Cl2FN5O. The van der Waals surface area contributed by atoms with Crippen LogP contribution in [-0.4, -0.2) is 25.7 Å². The smallest absolute Gasteiger partial charge is 0.270 e. The van der Waals surface area contributed by atoms with Gasteiger partial charge in [0.1, 0.15) is 11.5 Å². The van der Waals surface area contributed by atoms with E-state index in [0.29, 0.717) is 27.7 Å². The number of carbonyl (C=O) groups excluding carboxylic acids is 1. The van der Waals surface area contributed by atoms with E-state index in [0.717, 1.165) is 5.56 Å². The van der Waals surface area contributed by atoms with Crippen molar-refractivity contribution in [1.82, 2.24) is 25.1 Å². The molecule has 2 heterocycles. The third-order valence-corrected chi connectivity index (χ3v) is 5.39. The van der Waals surface area contributed by atoms with E-state index in [1.165, 1.54) is 12.1 Å². The van der Waals surface area contributed by atoms with Crippen LogP contribution in [0.25, 0.3) is 22.6 Å². The SMILES string of the molecule is C[C@H](NC(=O)c1cc(-c2ccc(Cl)cc2)nc(-c2cnn(C)c2)n1)c1ccc(F)c(Cl)c1. The predicted molar refractivity (Wildman–Crippen MR) is 122 cm³/mol. The highest BCUT2D eigenvalue weighted by Crippen LogP contribution is 2.25. The molecule has 2 aromatic heterocycles. The molecule has 0 aliphatic rings. The van der Waals surface area contributed by atoms with Crippen LogP contribution in [0, 0.1) is 5.82 Å². The molecule has 9 heteroatoms. The van der Waals surface area contributed by atoms with Crippen LogP contribution in [0.15, 0.2) is 60.9 Å². The zero-order valence-corrected chi connectivity index (χ0v) is 18.7. The molecule has 0 radical (unpaired) electrons. The largest absolute Gasteiger partial charge is 0.344 e. The molecule has 4 rings (SSSR count). The van der Waals surface area contributed by atoms with Crippen LogP contribution in [-0.2, 0) is 7.05 Å². The minimum atomic E-state index is -0.515. The van der Waals surface area contributed by atoms with Crippen molar-refractivity contribution in [2.75, 3.05) is 0 Å². The lowest BCUT2D eigenvalue weighted by Crippen LogP contribution is -2.27. The topological polar surface area (TPSA) is 72.7 Å². The van der Waals surface area contributed by atoms with Crippen LogP contribution in [0.3, 0.4) is 0 Å². The summed E-state index contributed by atoms with van der Waals surface area (Å²) in [5.41, 5.74) is 2.89. The van der Waals surface area contributed by atoms with Gasteiger partial charge in [0.15, 0.2) is 5.82 Å². The maximum Gasteiger partial charge on any atom is 0.270 e. The molecular weight excluding hydrogens is 452 g/mol. The number of carbonyl (C=O) groups is 1. The number of hydrogen-bond donors (Lipinski definition) is 1. The lowest BCUT2D eigenvalue weighted by atomic mass is 10.1. The number of nitrogens with one attached hydrogen (secondary N) is 1. The Morgan fingerprint density at radius 2 is 1.81 bits per heavy atom. The lowest BCUT2D eigenvalue weighted by molar-refractivity contribution is 0.0935. The summed E-state index contributed by atoms with van der Waals surface area (Å²) in [6.07, 6.45) is 3.40. The Morgan fingerprint density at radius 1 is 1.06 bits per heavy atom. The molecule has 1 atom stereocenters. The number of nitrogens with zero attached hydrogens (tertiary/aromatic N) is 4. The van der Waals surface area contributed by atoms with E-state index < -0.39 is 17.8 Å². The fourth-order valence-corrected chi connectivity index (χ4v) is 3.45. The summed E-state index contributed by atoms with van der Waals surface area (Å²) in [5, 5.41) is 7.63. The van der Waals surface area contributed by atoms with Crippen molar-refractivity contribution in [2.45, 2.75) is 13.0 Å². The molecule has 2 aromatic carbocycles. The van der Waals surface area contributed by atoms with Gasteiger partial charge in [-0.05, 0) is 42.8 Å². The number of benzene rings is 2. The van der Waals surface area contributed by atoms with Crippen molar-refractivity contribution < 1.29 is 9.18 Å². The van der Waals surface area contributed by atoms with Gasteiger partial charge in [-0.2, -0.15) is 5.10 Å². The predicted octanol–water partition coefficient (Wildman–Crippen LogP) is 5.48. The Labute approximate surface area is 194 Å². The van der Waals surface area contributed by atoms with Gasteiger partial charge in [0.05, 0.1) is 28.5 Å². The molecule has 32 heavy (non-hydrogen) atoms. The molecule has 0 spiro atoms. The van der Waals surface area contributed by atoms with E-state index in [-0.39, 0.29) is 10.7 Å². The van der Waals surface area contributed by atoms with E-state index in [2.05, 4.69) is 20.4 Å². The second-order valence-corrected chi connectivity index (χ2v) is 8.08. The third kappa shape index (κ3) is 4.79. The van der Waals surface area contributed by atoms with Gasteiger partial charge in [-0.25, -0.2) is 14.4 Å². The molecule has 0 fully saturated rings. The second kappa shape index (κ2) is 9.06. The van der Waals surface area contributed by atoms with Gasteiger partial charge in [0.25, 0.3) is 5.91 Å². The molecule has 6 nitrogen and oxygen atoms in total. The van der Waals surface area contributed by atoms with E-state index in [4.69, 9.17) is 23.2 Å². The van der Waals surface area contributed by atoms with Crippen LogP contribution in [0.4, 0.5) is 4.39 Å². The highest BCUT2D eigenvalue weighted by Gasteiger charge is 2.18. The average molecular weight is 470 g/mol. The first-order valence-electron chi connectivity index (χ1n) is 9.70. The maximum absolute atomic E-state index is 13.5. The minimum Gasteiger partial charge on any atom is -0.344 e. The van der Waals surface area contributed by atoms with E-state index >= 15 is 0 Å². The third-order valence-electron chi connectivity index (χ3n) is 4.85. The van der Waals surface area contributed by atoms with Crippen molar-refractivity contribution in [3.63, 3.8) is 0 Å². The van der Waals surface area contributed by atoms with Crippen molar-refractivity contribution in [3.05, 3.63) is 88.0 Å². The minimum absolute atomic E-state index is 0.00507. The fraction of sp³-hybridized carbons (Fsp3) is 0.130. The standard InChI is InChI=1S/C23H18Cl2FN5O/c1-13(15-5-8-19(26)18(25)9-15)28-23(32)21-10-20(14-3-6-17(24)7-4-14)29-22(30-21)16-11-27-31(2)12-16/h3-13H,1-2H3,(H,28,32)/t13-/m0/s1. The molecule has 0 saturated heterocycles. The first kappa shape index (κ1) is 21.9. The maximum atomic E-state index is 13.5. The Kier molecular flexibility index (Phi) is 6.21. The van der Waals surface area contributed by atoms with Crippen LogP contribution in [0.1, 0.15) is 29.0 Å². The fourth-order valence-electron chi connectivity index (χ4n) is 3.13. The van der Waals surface area contributed by atoms with Gasteiger partial charge < -0.3 is 5.32 Å². The van der Waals surface area contributed by atoms with E-state index in [1.807, 2.05) is 12.1 Å². The quantitative estimate of drug-likeness (QED) is 0.419. The second-order valence-electron chi connectivity index (χ2n) is 7.24. The Morgan fingerprint density at radius 3 is 2.47 bits per heavy atom. The number of rotatable bonds is 5. The molecule has 1 amide bonds. The number of aromatic nitrogens is 4. The first-order chi connectivity index (χ1) is 15.3. The summed E-state index contributed by atoms with van der Waals surface area (Å²) in [5.74, 6) is -0.549.